The van der Waals surface area contributed by atoms with E-state index in [9.17, 15) is 15.0 Å². The minimum Gasteiger partial charge on any atom is -0.393 e. The second-order valence-electron chi connectivity index (χ2n) is 12.9. The summed E-state index contributed by atoms with van der Waals surface area (Å²) >= 11 is 0. The Balaban J connectivity index is 1.25. The summed E-state index contributed by atoms with van der Waals surface area (Å²) in [4.78, 5) is 12.6. The summed E-state index contributed by atoms with van der Waals surface area (Å²) in [6.07, 6.45) is 9.84. The first kappa shape index (κ1) is 24.3. The molecule has 10 atom stereocenters. The van der Waals surface area contributed by atoms with Crippen LogP contribution in [0.2, 0.25) is 0 Å². The van der Waals surface area contributed by atoms with Crippen molar-refractivity contribution in [1.82, 2.24) is 0 Å². The Kier molecular flexibility index (Phi) is 6.61. The van der Waals surface area contributed by atoms with Crippen molar-refractivity contribution in [2.24, 2.45) is 46.3 Å². The van der Waals surface area contributed by atoms with E-state index in [1.54, 1.807) is 0 Å². The van der Waals surface area contributed by atoms with E-state index >= 15 is 0 Å². The molecule has 4 heteroatoms. The number of rotatable bonds is 5. The van der Waals surface area contributed by atoms with Crippen LogP contribution in [-0.2, 0) is 4.79 Å². The van der Waals surface area contributed by atoms with Crippen LogP contribution in [0.3, 0.4) is 0 Å². The molecule has 0 bridgehead atoms. The number of carbonyl (C=O) groups excluding carboxylic acids is 1. The van der Waals surface area contributed by atoms with Gasteiger partial charge >= 0.3 is 0 Å². The molecule has 1 amide bonds. The van der Waals surface area contributed by atoms with Gasteiger partial charge in [-0.25, -0.2) is 0 Å². The van der Waals surface area contributed by atoms with Gasteiger partial charge in [-0.15, -0.1) is 0 Å². The Morgan fingerprint density at radius 1 is 1.00 bits per heavy atom. The van der Waals surface area contributed by atoms with E-state index in [0.717, 1.165) is 37.8 Å². The van der Waals surface area contributed by atoms with Crippen molar-refractivity contribution in [3.63, 3.8) is 0 Å². The van der Waals surface area contributed by atoms with E-state index in [2.05, 4.69) is 26.1 Å². The molecule has 1 aromatic carbocycles. The Bertz CT molecular complexity index is 873. The molecule has 0 spiro atoms. The van der Waals surface area contributed by atoms with Crippen molar-refractivity contribution < 1.29 is 15.0 Å². The molecular formula is C30H45NO3. The highest BCUT2D eigenvalue weighted by Crippen LogP contribution is 2.68. The predicted molar refractivity (Wildman–Crippen MR) is 136 cm³/mol. The van der Waals surface area contributed by atoms with Crippen LogP contribution < -0.4 is 5.32 Å². The molecule has 5 rings (SSSR count). The predicted octanol–water partition coefficient (Wildman–Crippen LogP) is 6.03. The first-order chi connectivity index (χ1) is 16.2. The molecule has 4 aliphatic carbocycles. The van der Waals surface area contributed by atoms with Gasteiger partial charge in [-0.1, -0.05) is 39.0 Å². The number of hydrogen-bond acceptors (Lipinski definition) is 3. The number of para-hydroxylation sites is 1. The van der Waals surface area contributed by atoms with Crippen LogP contribution in [-0.4, -0.2) is 28.3 Å². The molecule has 4 aliphatic rings. The first-order valence-electron chi connectivity index (χ1n) is 13.9. The molecule has 4 nitrogen and oxygen atoms in total. The van der Waals surface area contributed by atoms with Crippen molar-refractivity contribution in [3.05, 3.63) is 30.3 Å². The van der Waals surface area contributed by atoms with Crippen LogP contribution in [0.1, 0.15) is 85.0 Å². The molecule has 34 heavy (non-hydrogen) atoms. The van der Waals surface area contributed by atoms with Crippen LogP contribution >= 0.6 is 0 Å². The number of anilines is 1. The van der Waals surface area contributed by atoms with Gasteiger partial charge in [0.15, 0.2) is 0 Å². The summed E-state index contributed by atoms with van der Waals surface area (Å²) in [7, 11) is 0. The summed E-state index contributed by atoms with van der Waals surface area (Å²) in [6.45, 7) is 7.35. The molecular weight excluding hydrogens is 422 g/mol. The maximum Gasteiger partial charge on any atom is 0.224 e. The van der Waals surface area contributed by atoms with E-state index < -0.39 is 0 Å². The fourth-order valence-corrected chi connectivity index (χ4v) is 9.48. The van der Waals surface area contributed by atoms with Crippen molar-refractivity contribution >= 4 is 11.6 Å². The molecule has 1 aromatic rings. The molecule has 3 N–H and O–H groups in total. The minimum absolute atomic E-state index is 0.114. The number of aliphatic hydroxyl groups is 2. The SMILES string of the molecule is C[C@H](CCC(=O)Nc1ccccc1)[C@H]1CC[C@H]2[C@@H]3[C@H](O)C[C@@H]4C[C@H](O)CC[C@]4(C)[C@H]3CC[C@]12C. The molecule has 0 aromatic heterocycles. The summed E-state index contributed by atoms with van der Waals surface area (Å²) in [5.41, 5.74) is 1.43. The second kappa shape index (κ2) is 9.24. The molecule has 0 heterocycles. The average Bonchev–Trinajstić information content (AvgIpc) is 3.16. The normalized spacial score (nSPS) is 44.4. The summed E-state index contributed by atoms with van der Waals surface area (Å²) < 4.78 is 0. The van der Waals surface area contributed by atoms with Crippen LogP contribution in [0.4, 0.5) is 5.69 Å². The monoisotopic (exact) mass is 467 g/mol. The number of fused-ring (bicyclic) bond motifs is 5. The Labute approximate surface area is 205 Å². The number of nitrogens with one attached hydrogen (secondary N) is 1. The smallest absolute Gasteiger partial charge is 0.224 e. The lowest BCUT2D eigenvalue weighted by molar-refractivity contribution is -0.174. The van der Waals surface area contributed by atoms with Gasteiger partial charge in [-0.05, 0) is 116 Å². The fraction of sp³-hybridized carbons (Fsp3) is 0.767. The van der Waals surface area contributed by atoms with Gasteiger partial charge in [-0.2, -0.15) is 0 Å². The fourth-order valence-electron chi connectivity index (χ4n) is 9.48. The van der Waals surface area contributed by atoms with Gasteiger partial charge in [0.05, 0.1) is 12.2 Å². The highest BCUT2D eigenvalue weighted by molar-refractivity contribution is 5.90. The van der Waals surface area contributed by atoms with E-state index in [4.69, 9.17) is 0 Å². The largest absolute Gasteiger partial charge is 0.393 e. The van der Waals surface area contributed by atoms with Gasteiger partial charge in [0.2, 0.25) is 5.91 Å². The van der Waals surface area contributed by atoms with Gasteiger partial charge in [0.1, 0.15) is 0 Å². The van der Waals surface area contributed by atoms with E-state index in [0.29, 0.717) is 41.9 Å². The summed E-state index contributed by atoms with van der Waals surface area (Å²) in [5.74, 6) is 3.33. The number of benzene rings is 1. The van der Waals surface area contributed by atoms with Crippen molar-refractivity contribution in [2.75, 3.05) is 5.32 Å². The Hall–Kier alpha value is -1.39. The van der Waals surface area contributed by atoms with Crippen LogP contribution in [0.25, 0.3) is 0 Å². The third-order valence-electron chi connectivity index (χ3n) is 11.3. The van der Waals surface area contributed by atoms with Gasteiger partial charge < -0.3 is 15.5 Å². The zero-order chi connectivity index (χ0) is 24.1. The van der Waals surface area contributed by atoms with Crippen LogP contribution in [0, 0.1) is 46.3 Å². The first-order valence-corrected chi connectivity index (χ1v) is 13.9. The number of aliphatic hydroxyl groups excluding tert-OH is 2. The lowest BCUT2D eigenvalue weighted by atomic mass is 9.43. The standard InChI is InChI=1S/C30H45NO3/c1-19(9-12-27(34)31-21-7-5-4-6-8-21)23-10-11-24-28-25(14-16-30(23,24)3)29(2)15-13-22(32)17-20(29)18-26(28)33/h4-8,19-20,22-26,28,32-33H,9-18H2,1-3H3,(H,31,34)/t19-,20+,22-,23-,24+,25+,26-,28+,29+,30-/m1/s1. The zero-order valence-corrected chi connectivity index (χ0v) is 21.4. The quantitative estimate of drug-likeness (QED) is 0.495. The lowest BCUT2D eigenvalue weighted by Crippen LogP contribution is -2.58. The topological polar surface area (TPSA) is 69.6 Å². The molecule has 188 valence electrons. The van der Waals surface area contributed by atoms with E-state index in [1.807, 2.05) is 30.3 Å². The highest BCUT2D eigenvalue weighted by Gasteiger charge is 2.62. The maximum absolute atomic E-state index is 12.6. The Morgan fingerprint density at radius 3 is 2.47 bits per heavy atom. The van der Waals surface area contributed by atoms with E-state index in [-0.39, 0.29) is 28.9 Å². The minimum atomic E-state index is -0.219. The molecule has 4 saturated carbocycles. The van der Waals surface area contributed by atoms with Crippen LogP contribution in [0.15, 0.2) is 30.3 Å². The third kappa shape index (κ3) is 4.13. The number of carbonyl (C=O) groups is 1. The number of amides is 1. The van der Waals surface area contributed by atoms with Crippen LogP contribution in [0.5, 0.6) is 0 Å². The van der Waals surface area contributed by atoms with Gasteiger partial charge in [0, 0.05) is 12.1 Å². The summed E-state index contributed by atoms with van der Waals surface area (Å²) in [6, 6.07) is 9.74. The van der Waals surface area contributed by atoms with Crippen molar-refractivity contribution in [2.45, 2.75) is 97.2 Å². The molecule has 0 radical (unpaired) electrons. The van der Waals surface area contributed by atoms with Crippen molar-refractivity contribution in [3.8, 4) is 0 Å². The Morgan fingerprint density at radius 2 is 1.71 bits per heavy atom. The second-order valence-corrected chi connectivity index (χ2v) is 12.9. The van der Waals surface area contributed by atoms with E-state index in [1.165, 1.54) is 25.7 Å². The van der Waals surface area contributed by atoms with Gasteiger partial charge in [-0.3, -0.25) is 4.79 Å². The average molecular weight is 468 g/mol. The van der Waals surface area contributed by atoms with Gasteiger partial charge in [0.25, 0.3) is 0 Å². The lowest BCUT2D eigenvalue weighted by Gasteiger charge is -2.62. The van der Waals surface area contributed by atoms with Crippen molar-refractivity contribution in [1.29, 1.82) is 0 Å². The third-order valence-corrected chi connectivity index (χ3v) is 11.3. The maximum atomic E-state index is 12.6. The summed E-state index contributed by atoms with van der Waals surface area (Å²) in [5, 5.41) is 24.7. The number of hydrogen-bond donors (Lipinski definition) is 3. The molecule has 4 fully saturated rings. The molecule has 0 unspecified atom stereocenters. The zero-order valence-electron chi connectivity index (χ0n) is 21.4. The molecule has 0 aliphatic heterocycles. The molecule has 0 saturated heterocycles. The highest BCUT2D eigenvalue weighted by atomic mass is 16.3.